The molecule has 0 heterocycles. The molecule has 3 rings (SSSR count). The zero-order valence-electron chi connectivity index (χ0n) is 17.3. The quantitative estimate of drug-likeness (QED) is 0.310. The smallest absolute Gasteiger partial charge is 0.254 e. The third-order valence-corrected chi connectivity index (χ3v) is 5.50. The van der Waals surface area contributed by atoms with E-state index < -0.39 is 0 Å². The van der Waals surface area contributed by atoms with E-state index in [4.69, 9.17) is 22.1 Å². The minimum atomic E-state index is -0.0446. The molecule has 2 N–H and O–H groups in total. The Hall–Kier alpha value is -2.47. The second-order valence-electron chi connectivity index (χ2n) is 7.31. The summed E-state index contributed by atoms with van der Waals surface area (Å²) in [6, 6.07) is 22.8. The van der Waals surface area contributed by atoms with Crippen LogP contribution in [0.5, 0.6) is 5.75 Å². The van der Waals surface area contributed by atoms with Crippen LogP contribution in [0.2, 0.25) is 5.02 Å². The average molecular weight is 455 g/mol. The van der Waals surface area contributed by atoms with Crippen molar-refractivity contribution in [2.75, 3.05) is 13.1 Å². The summed E-state index contributed by atoms with van der Waals surface area (Å²) in [5.74, 6) is 0.605. The van der Waals surface area contributed by atoms with Gasteiger partial charge in [0, 0.05) is 28.6 Å². The maximum Gasteiger partial charge on any atom is 0.254 e. The summed E-state index contributed by atoms with van der Waals surface area (Å²) >= 11 is 10.5. The fourth-order valence-electron chi connectivity index (χ4n) is 3.20. The summed E-state index contributed by atoms with van der Waals surface area (Å²) in [4.78, 5) is 15.7. The molecular formula is C25H27ClN2O2S. The van der Waals surface area contributed by atoms with Gasteiger partial charge in [0.05, 0.1) is 0 Å². The van der Waals surface area contributed by atoms with E-state index in [9.17, 15) is 4.79 Å². The highest BCUT2D eigenvalue weighted by Gasteiger charge is 2.17. The highest BCUT2D eigenvalue weighted by molar-refractivity contribution is 7.80. The van der Waals surface area contributed by atoms with Crippen molar-refractivity contribution in [3.63, 3.8) is 0 Å². The maximum atomic E-state index is 13.2. The number of amides is 1. The van der Waals surface area contributed by atoms with Gasteiger partial charge >= 0.3 is 0 Å². The van der Waals surface area contributed by atoms with Gasteiger partial charge in [-0.05, 0) is 60.8 Å². The standard InChI is InChI=1S/C25H27ClN2O2S/c26-22-11-8-19(9-12-22)17-28(15-5-4-14-27)25(29)21-10-13-23(24(31)16-21)30-18-20-6-2-1-3-7-20/h1-3,6-13,16,31H,4-5,14-15,17-18,27H2. The van der Waals surface area contributed by atoms with Gasteiger partial charge in [0.2, 0.25) is 0 Å². The lowest BCUT2D eigenvalue weighted by molar-refractivity contribution is 0.0740. The minimum absolute atomic E-state index is 0.0446. The van der Waals surface area contributed by atoms with Crippen molar-refractivity contribution >= 4 is 30.1 Å². The third kappa shape index (κ3) is 7.03. The number of carbonyl (C=O) groups excluding carboxylic acids is 1. The number of nitrogens with two attached hydrogens (primary N) is 1. The molecule has 0 saturated carbocycles. The lowest BCUT2D eigenvalue weighted by Crippen LogP contribution is -2.31. The zero-order valence-corrected chi connectivity index (χ0v) is 19.0. The normalized spacial score (nSPS) is 10.7. The Morgan fingerprint density at radius 2 is 1.71 bits per heavy atom. The highest BCUT2D eigenvalue weighted by atomic mass is 35.5. The number of hydrogen-bond donors (Lipinski definition) is 2. The Morgan fingerprint density at radius 1 is 0.968 bits per heavy atom. The Labute approximate surface area is 194 Å². The largest absolute Gasteiger partial charge is 0.488 e. The van der Waals surface area contributed by atoms with Gasteiger partial charge < -0.3 is 15.4 Å². The van der Waals surface area contributed by atoms with Gasteiger partial charge in [-0.25, -0.2) is 0 Å². The molecule has 0 aromatic heterocycles. The Balaban J connectivity index is 1.71. The van der Waals surface area contributed by atoms with E-state index in [-0.39, 0.29) is 5.91 Å². The monoisotopic (exact) mass is 454 g/mol. The fourth-order valence-corrected chi connectivity index (χ4v) is 3.60. The molecule has 0 aliphatic carbocycles. The SMILES string of the molecule is NCCCCN(Cc1ccc(Cl)cc1)C(=O)c1ccc(OCc2ccccc2)c(S)c1. The fraction of sp³-hybridized carbons (Fsp3) is 0.240. The molecule has 4 nitrogen and oxygen atoms in total. The lowest BCUT2D eigenvalue weighted by atomic mass is 10.1. The molecule has 0 bridgehead atoms. The van der Waals surface area contributed by atoms with E-state index in [1.54, 1.807) is 18.2 Å². The van der Waals surface area contributed by atoms with Gasteiger partial charge in [-0.2, -0.15) is 0 Å². The van der Waals surface area contributed by atoms with Gasteiger partial charge in [-0.15, -0.1) is 12.6 Å². The Kier molecular flexibility index (Phi) is 8.83. The van der Waals surface area contributed by atoms with E-state index in [2.05, 4.69) is 12.6 Å². The van der Waals surface area contributed by atoms with Crippen molar-refractivity contribution in [3.8, 4) is 5.75 Å². The second-order valence-corrected chi connectivity index (χ2v) is 8.22. The molecule has 0 aliphatic heterocycles. The summed E-state index contributed by atoms with van der Waals surface area (Å²) < 4.78 is 5.88. The van der Waals surface area contributed by atoms with Gasteiger partial charge in [0.25, 0.3) is 5.91 Å². The minimum Gasteiger partial charge on any atom is -0.488 e. The first-order valence-electron chi connectivity index (χ1n) is 10.3. The van der Waals surface area contributed by atoms with Crippen molar-refractivity contribution in [2.45, 2.75) is 30.9 Å². The van der Waals surface area contributed by atoms with Gasteiger partial charge in [-0.1, -0.05) is 54.1 Å². The second kappa shape index (κ2) is 11.8. The molecule has 162 valence electrons. The van der Waals surface area contributed by atoms with Crippen LogP contribution in [-0.2, 0) is 13.2 Å². The third-order valence-electron chi connectivity index (χ3n) is 4.90. The van der Waals surface area contributed by atoms with Crippen LogP contribution in [0.4, 0.5) is 0 Å². The predicted octanol–water partition coefficient (Wildman–Crippen LogP) is 5.59. The van der Waals surface area contributed by atoms with Crippen LogP contribution in [0.25, 0.3) is 0 Å². The number of carbonyl (C=O) groups is 1. The number of thiol groups is 1. The van der Waals surface area contributed by atoms with Crippen molar-refractivity contribution in [1.82, 2.24) is 4.90 Å². The van der Waals surface area contributed by atoms with Crippen LogP contribution in [0.15, 0.2) is 77.7 Å². The van der Waals surface area contributed by atoms with E-state index >= 15 is 0 Å². The van der Waals surface area contributed by atoms with E-state index in [0.29, 0.717) is 47.5 Å². The topological polar surface area (TPSA) is 55.6 Å². The summed E-state index contributed by atoms with van der Waals surface area (Å²) in [5, 5.41) is 0.676. The van der Waals surface area contributed by atoms with Crippen LogP contribution in [0, 0.1) is 0 Å². The molecule has 0 spiro atoms. The van der Waals surface area contributed by atoms with Crippen molar-refractivity contribution < 1.29 is 9.53 Å². The molecule has 1 amide bonds. The molecule has 0 saturated heterocycles. The number of ether oxygens (including phenoxy) is 1. The first-order chi connectivity index (χ1) is 15.1. The Bertz CT molecular complexity index is 981. The van der Waals surface area contributed by atoms with Crippen molar-refractivity contribution in [3.05, 3.63) is 94.5 Å². The number of benzene rings is 3. The molecular weight excluding hydrogens is 428 g/mol. The van der Waals surface area contributed by atoms with E-state index in [1.165, 1.54) is 0 Å². The molecule has 0 aliphatic rings. The van der Waals surface area contributed by atoms with Gasteiger partial charge in [0.15, 0.2) is 0 Å². The molecule has 6 heteroatoms. The molecule has 3 aromatic carbocycles. The van der Waals surface area contributed by atoms with Crippen LogP contribution in [0.1, 0.15) is 34.3 Å². The van der Waals surface area contributed by atoms with E-state index in [1.807, 2.05) is 59.5 Å². The van der Waals surface area contributed by atoms with Crippen LogP contribution in [0.3, 0.4) is 0 Å². The van der Waals surface area contributed by atoms with Crippen LogP contribution >= 0.6 is 24.2 Å². The van der Waals surface area contributed by atoms with Crippen LogP contribution < -0.4 is 10.5 Å². The molecule has 3 aromatic rings. The Morgan fingerprint density at radius 3 is 2.39 bits per heavy atom. The molecule has 0 unspecified atom stereocenters. The lowest BCUT2D eigenvalue weighted by Gasteiger charge is -2.23. The number of halogens is 1. The van der Waals surface area contributed by atoms with Crippen molar-refractivity contribution in [1.29, 1.82) is 0 Å². The number of hydrogen-bond acceptors (Lipinski definition) is 4. The highest BCUT2D eigenvalue weighted by Crippen LogP contribution is 2.26. The van der Waals surface area contributed by atoms with E-state index in [0.717, 1.165) is 24.0 Å². The summed E-state index contributed by atoms with van der Waals surface area (Å²) in [5.41, 5.74) is 8.32. The first kappa shape index (κ1) is 23.2. The average Bonchev–Trinajstić information content (AvgIpc) is 2.79. The number of nitrogens with zero attached hydrogens (tertiary/aromatic N) is 1. The summed E-state index contributed by atoms with van der Waals surface area (Å²) in [6.45, 7) is 2.20. The maximum absolute atomic E-state index is 13.2. The molecule has 0 atom stereocenters. The van der Waals surface area contributed by atoms with Gasteiger partial charge in [-0.3, -0.25) is 4.79 Å². The summed E-state index contributed by atoms with van der Waals surface area (Å²) in [7, 11) is 0. The zero-order chi connectivity index (χ0) is 22.1. The predicted molar refractivity (Wildman–Crippen MR) is 129 cm³/mol. The van der Waals surface area contributed by atoms with Crippen molar-refractivity contribution in [2.24, 2.45) is 5.73 Å². The molecule has 31 heavy (non-hydrogen) atoms. The number of unbranched alkanes of at least 4 members (excludes halogenated alkanes) is 1. The molecule has 0 radical (unpaired) electrons. The summed E-state index contributed by atoms with van der Waals surface area (Å²) in [6.07, 6.45) is 1.72. The van der Waals surface area contributed by atoms with Crippen LogP contribution in [-0.4, -0.2) is 23.9 Å². The molecule has 0 fully saturated rings. The number of rotatable bonds is 10. The van der Waals surface area contributed by atoms with Gasteiger partial charge in [0.1, 0.15) is 12.4 Å². The first-order valence-corrected chi connectivity index (χ1v) is 11.1.